The van der Waals surface area contributed by atoms with Gasteiger partial charge in [-0.25, -0.2) is 0 Å². The predicted octanol–water partition coefficient (Wildman–Crippen LogP) is 6.61. The van der Waals surface area contributed by atoms with Crippen LogP contribution in [0.1, 0.15) is 6.42 Å². The van der Waals surface area contributed by atoms with Crippen molar-refractivity contribution in [2.75, 3.05) is 5.32 Å². The maximum Gasteiger partial charge on any atom is 0.0482 e. The van der Waals surface area contributed by atoms with Gasteiger partial charge in [0.15, 0.2) is 0 Å². The van der Waals surface area contributed by atoms with Crippen molar-refractivity contribution in [3.63, 3.8) is 0 Å². The SMILES string of the molecule is C=CC(CC(=C)C1=CC=CC2C=CC=CC12)Nc1ccc2ccccc2c1. The Balaban J connectivity index is 1.48. The lowest BCUT2D eigenvalue weighted by molar-refractivity contribution is 0.621. The van der Waals surface area contributed by atoms with Gasteiger partial charge in [-0.15, -0.1) is 6.58 Å². The molecule has 1 N–H and O–H groups in total. The van der Waals surface area contributed by atoms with Crippen LogP contribution in [0.4, 0.5) is 5.69 Å². The van der Waals surface area contributed by atoms with Crippen molar-refractivity contribution in [2.24, 2.45) is 11.8 Å². The normalized spacial score (nSPS) is 21.4. The van der Waals surface area contributed by atoms with Crippen LogP contribution in [0.3, 0.4) is 0 Å². The molecule has 4 rings (SSSR count). The number of hydrogen-bond donors (Lipinski definition) is 1. The van der Waals surface area contributed by atoms with E-state index in [9.17, 15) is 0 Å². The predicted molar refractivity (Wildman–Crippen MR) is 118 cm³/mol. The third kappa shape index (κ3) is 3.73. The molecule has 2 aliphatic rings. The van der Waals surface area contributed by atoms with Gasteiger partial charge in [0.1, 0.15) is 0 Å². The topological polar surface area (TPSA) is 12.0 Å². The fourth-order valence-electron chi connectivity index (χ4n) is 3.94. The third-order valence-corrected chi connectivity index (χ3v) is 5.41. The van der Waals surface area contributed by atoms with Crippen molar-refractivity contribution in [3.8, 4) is 0 Å². The molecule has 0 fully saturated rings. The smallest absolute Gasteiger partial charge is 0.0482 e. The standard InChI is InChI=1S/C26H25N/c1-3-23(27-24-16-15-20-9-4-5-11-22(20)18-24)17-19(2)25-14-8-12-21-10-6-7-13-26(21)25/h3-16,18,21,23,26-27H,1-2,17H2. The Labute approximate surface area is 161 Å². The summed E-state index contributed by atoms with van der Waals surface area (Å²) in [4.78, 5) is 0. The van der Waals surface area contributed by atoms with E-state index in [1.165, 1.54) is 21.9 Å². The molecular formula is C26H25N. The van der Waals surface area contributed by atoms with E-state index in [0.29, 0.717) is 11.8 Å². The van der Waals surface area contributed by atoms with Crippen molar-refractivity contribution in [1.82, 2.24) is 0 Å². The molecule has 2 aliphatic carbocycles. The summed E-state index contributed by atoms with van der Waals surface area (Å²) in [6.07, 6.45) is 18.3. The van der Waals surface area contributed by atoms with E-state index in [0.717, 1.165) is 12.1 Å². The highest BCUT2D eigenvalue weighted by Gasteiger charge is 2.24. The largest absolute Gasteiger partial charge is 0.379 e. The Bertz CT molecular complexity index is 986. The van der Waals surface area contributed by atoms with Crippen molar-refractivity contribution < 1.29 is 0 Å². The third-order valence-electron chi connectivity index (χ3n) is 5.41. The molecule has 1 nitrogen and oxygen atoms in total. The monoisotopic (exact) mass is 351 g/mol. The molecule has 2 aromatic rings. The van der Waals surface area contributed by atoms with E-state index < -0.39 is 0 Å². The number of nitrogens with one attached hydrogen (secondary N) is 1. The highest BCUT2D eigenvalue weighted by atomic mass is 14.9. The van der Waals surface area contributed by atoms with Crippen molar-refractivity contribution >= 4 is 16.5 Å². The van der Waals surface area contributed by atoms with E-state index in [1.807, 2.05) is 6.08 Å². The molecule has 0 aliphatic heterocycles. The van der Waals surface area contributed by atoms with E-state index in [2.05, 4.69) is 103 Å². The molecule has 0 amide bonds. The minimum absolute atomic E-state index is 0.145. The van der Waals surface area contributed by atoms with Crippen molar-refractivity contribution in [1.29, 1.82) is 0 Å². The average Bonchev–Trinajstić information content (AvgIpc) is 2.72. The van der Waals surface area contributed by atoms with E-state index in [1.54, 1.807) is 0 Å². The Morgan fingerprint density at radius 1 is 1.00 bits per heavy atom. The molecule has 1 heteroatoms. The fourth-order valence-corrected chi connectivity index (χ4v) is 3.94. The van der Waals surface area contributed by atoms with Gasteiger partial charge in [0.25, 0.3) is 0 Å². The number of anilines is 1. The summed E-state index contributed by atoms with van der Waals surface area (Å²) in [5.74, 6) is 0.848. The Morgan fingerprint density at radius 3 is 2.63 bits per heavy atom. The van der Waals surface area contributed by atoms with E-state index in [4.69, 9.17) is 0 Å². The van der Waals surface area contributed by atoms with Crippen LogP contribution in [0.25, 0.3) is 10.8 Å². The van der Waals surface area contributed by atoms with Crippen molar-refractivity contribution in [3.05, 3.63) is 115 Å². The molecule has 2 aromatic carbocycles. The number of fused-ring (bicyclic) bond motifs is 2. The van der Waals surface area contributed by atoms with Gasteiger partial charge in [-0.05, 0) is 40.5 Å². The van der Waals surface area contributed by atoms with E-state index >= 15 is 0 Å². The molecule has 3 atom stereocenters. The van der Waals surface area contributed by atoms with Crippen LogP contribution in [-0.4, -0.2) is 6.04 Å². The Kier molecular flexibility index (Phi) is 4.93. The van der Waals surface area contributed by atoms with E-state index in [-0.39, 0.29) is 6.04 Å². The van der Waals surface area contributed by atoms with Gasteiger partial charge < -0.3 is 5.32 Å². The maximum atomic E-state index is 4.40. The van der Waals surface area contributed by atoms with Gasteiger partial charge in [-0.3, -0.25) is 0 Å². The van der Waals surface area contributed by atoms with Crippen LogP contribution in [0, 0.1) is 11.8 Å². The minimum atomic E-state index is 0.145. The molecule has 0 heterocycles. The first-order chi connectivity index (χ1) is 13.2. The van der Waals surface area contributed by atoms with Crippen LogP contribution in [0.15, 0.2) is 115 Å². The molecular weight excluding hydrogens is 326 g/mol. The molecule has 0 radical (unpaired) electrons. The highest BCUT2D eigenvalue weighted by Crippen LogP contribution is 2.36. The van der Waals surface area contributed by atoms with Crippen LogP contribution in [0.2, 0.25) is 0 Å². The first-order valence-electron chi connectivity index (χ1n) is 9.54. The molecule has 0 bridgehead atoms. The molecule has 134 valence electrons. The minimum Gasteiger partial charge on any atom is -0.379 e. The number of benzene rings is 2. The summed E-state index contributed by atoms with van der Waals surface area (Å²) in [5, 5.41) is 6.10. The molecule has 0 aromatic heterocycles. The number of allylic oxidation sites excluding steroid dienone is 8. The van der Waals surface area contributed by atoms with Crippen LogP contribution in [-0.2, 0) is 0 Å². The first-order valence-corrected chi connectivity index (χ1v) is 9.54. The highest BCUT2D eigenvalue weighted by molar-refractivity contribution is 5.85. The van der Waals surface area contributed by atoms with Gasteiger partial charge in [-0.2, -0.15) is 0 Å². The van der Waals surface area contributed by atoms with Gasteiger partial charge in [-0.1, -0.05) is 85.5 Å². The molecule has 3 unspecified atom stereocenters. The fraction of sp³-hybridized carbons (Fsp3) is 0.154. The molecule has 0 spiro atoms. The average molecular weight is 351 g/mol. The van der Waals surface area contributed by atoms with Gasteiger partial charge >= 0.3 is 0 Å². The Morgan fingerprint density at radius 2 is 1.78 bits per heavy atom. The molecule has 0 saturated heterocycles. The quantitative estimate of drug-likeness (QED) is 0.578. The first kappa shape index (κ1) is 17.4. The molecule has 27 heavy (non-hydrogen) atoms. The summed E-state index contributed by atoms with van der Waals surface area (Å²) in [6.45, 7) is 8.44. The second-order valence-electron chi connectivity index (χ2n) is 7.24. The van der Waals surface area contributed by atoms with Crippen LogP contribution in [0.5, 0.6) is 0 Å². The summed E-state index contributed by atoms with van der Waals surface area (Å²) >= 11 is 0. The van der Waals surface area contributed by atoms with Gasteiger partial charge in [0.2, 0.25) is 0 Å². The van der Waals surface area contributed by atoms with Crippen molar-refractivity contribution in [2.45, 2.75) is 12.5 Å². The van der Waals surface area contributed by atoms with Crippen LogP contribution < -0.4 is 5.32 Å². The lowest BCUT2D eigenvalue weighted by Crippen LogP contribution is -2.21. The Hall–Kier alpha value is -3.06. The zero-order chi connectivity index (χ0) is 18.6. The number of hydrogen-bond acceptors (Lipinski definition) is 1. The maximum absolute atomic E-state index is 4.40. The van der Waals surface area contributed by atoms with Crippen LogP contribution >= 0.6 is 0 Å². The summed E-state index contributed by atoms with van der Waals surface area (Å²) in [6, 6.07) is 15.1. The zero-order valence-corrected chi connectivity index (χ0v) is 15.5. The van der Waals surface area contributed by atoms with Gasteiger partial charge in [0, 0.05) is 23.6 Å². The van der Waals surface area contributed by atoms with Gasteiger partial charge in [0.05, 0.1) is 0 Å². The lowest BCUT2D eigenvalue weighted by atomic mass is 9.76. The summed E-state index contributed by atoms with van der Waals surface area (Å²) in [5.41, 5.74) is 3.62. The summed E-state index contributed by atoms with van der Waals surface area (Å²) in [7, 11) is 0. The number of rotatable bonds is 6. The molecule has 0 saturated carbocycles. The lowest BCUT2D eigenvalue weighted by Gasteiger charge is -2.29. The summed E-state index contributed by atoms with van der Waals surface area (Å²) < 4.78 is 0. The second-order valence-corrected chi connectivity index (χ2v) is 7.24. The second kappa shape index (κ2) is 7.67. The zero-order valence-electron chi connectivity index (χ0n) is 15.5.